The van der Waals surface area contributed by atoms with E-state index in [1.807, 2.05) is 36.6 Å². The zero-order chi connectivity index (χ0) is 17.5. The number of hydrazine groups is 1. The standard InChI is InChI=1S/C17H24N4O3/c1-13-5-2-3-6-14(13)17(24)21-11-9-20(10-12-21)16(23)8-4-7-15(22)19-18/h2-3,5-6H,4,7-12,18H2,1H3,(H,19,22). The van der Waals surface area contributed by atoms with Crippen LogP contribution in [0.2, 0.25) is 0 Å². The van der Waals surface area contributed by atoms with Gasteiger partial charge in [-0.3, -0.25) is 19.8 Å². The van der Waals surface area contributed by atoms with E-state index in [9.17, 15) is 14.4 Å². The van der Waals surface area contributed by atoms with Crippen molar-refractivity contribution in [3.05, 3.63) is 35.4 Å². The summed E-state index contributed by atoms with van der Waals surface area (Å²) in [5, 5.41) is 0. The molecule has 130 valence electrons. The Bertz CT molecular complexity index is 610. The minimum absolute atomic E-state index is 0.0137. The van der Waals surface area contributed by atoms with Crippen LogP contribution in [0.15, 0.2) is 24.3 Å². The van der Waals surface area contributed by atoms with Gasteiger partial charge in [0, 0.05) is 44.6 Å². The first-order valence-electron chi connectivity index (χ1n) is 8.15. The fourth-order valence-corrected chi connectivity index (χ4v) is 2.77. The van der Waals surface area contributed by atoms with Crippen LogP contribution in [0.1, 0.15) is 35.2 Å². The average Bonchev–Trinajstić information content (AvgIpc) is 2.61. The Balaban J connectivity index is 1.81. The van der Waals surface area contributed by atoms with E-state index < -0.39 is 0 Å². The van der Waals surface area contributed by atoms with E-state index in [0.29, 0.717) is 44.6 Å². The SMILES string of the molecule is Cc1ccccc1C(=O)N1CCN(C(=O)CCCC(=O)NN)CC1. The highest BCUT2D eigenvalue weighted by atomic mass is 16.2. The molecule has 3 amide bonds. The molecule has 0 unspecified atom stereocenters. The van der Waals surface area contributed by atoms with E-state index in [1.54, 1.807) is 9.80 Å². The summed E-state index contributed by atoms with van der Waals surface area (Å²) in [6, 6.07) is 7.52. The first-order valence-corrected chi connectivity index (χ1v) is 8.15. The van der Waals surface area contributed by atoms with Crippen LogP contribution >= 0.6 is 0 Å². The van der Waals surface area contributed by atoms with Gasteiger partial charge in [-0.05, 0) is 25.0 Å². The quantitative estimate of drug-likeness (QED) is 0.465. The van der Waals surface area contributed by atoms with Gasteiger partial charge in [0.25, 0.3) is 5.91 Å². The predicted octanol–water partition coefficient (Wildman–Crippen LogP) is 0.440. The number of nitrogens with two attached hydrogens (primary N) is 1. The van der Waals surface area contributed by atoms with E-state index in [4.69, 9.17) is 5.84 Å². The van der Waals surface area contributed by atoms with Crippen LogP contribution in [0.3, 0.4) is 0 Å². The molecule has 0 spiro atoms. The second-order valence-electron chi connectivity index (χ2n) is 5.91. The predicted molar refractivity (Wildman–Crippen MR) is 89.8 cm³/mol. The molecule has 1 aromatic rings. The Labute approximate surface area is 141 Å². The van der Waals surface area contributed by atoms with E-state index in [-0.39, 0.29) is 24.1 Å². The molecule has 1 aliphatic rings. The molecule has 0 aliphatic carbocycles. The van der Waals surface area contributed by atoms with Crippen molar-refractivity contribution < 1.29 is 14.4 Å². The Morgan fingerprint density at radius 1 is 1.04 bits per heavy atom. The number of hydrogen-bond donors (Lipinski definition) is 2. The molecule has 2 rings (SSSR count). The normalized spacial score (nSPS) is 14.4. The van der Waals surface area contributed by atoms with Crippen LogP contribution in [0, 0.1) is 6.92 Å². The van der Waals surface area contributed by atoms with Gasteiger partial charge in [0.05, 0.1) is 0 Å². The summed E-state index contributed by atoms with van der Waals surface area (Å²) >= 11 is 0. The third-order valence-corrected chi connectivity index (χ3v) is 4.25. The third-order valence-electron chi connectivity index (χ3n) is 4.25. The van der Waals surface area contributed by atoms with Crippen molar-refractivity contribution in [1.29, 1.82) is 0 Å². The number of carbonyl (C=O) groups is 3. The van der Waals surface area contributed by atoms with Crippen molar-refractivity contribution in [3.8, 4) is 0 Å². The van der Waals surface area contributed by atoms with E-state index >= 15 is 0 Å². The van der Waals surface area contributed by atoms with E-state index in [0.717, 1.165) is 5.56 Å². The maximum absolute atomic E-state index is 12.5. The van der Waals surface area contributed by atoms with E-state index in [1.165, 1.54) is 0 Å². The van der Waals surface area contributed by atoms with Crippen LogP contribution in [0.25, 0.3) is 0 Å². The van der Waals surface area contributed by atoms with Crippen LogP contribution in [-0.4, -0.2) is 53.7 Å². The fraction of sp³-hybridized carbons (Fsp3) is 0.471. The van der Waals surface area contributed by atoms with Crippen molar-refractivity contribution in [2.45, 2.75) is 26.2 Å². The van der Waals surface area contributed by atoms with Crippen molar-refractivity contribution in [1.82, 2.24) is 15.2 Å². The zero-order valence-corrected chi connectivity index (χ0v) is 14.0. The second kappa shape index (κ2) is 8.44. The number of rotatable bonds is 5. The second-order valence-corrected chi connectivity index (χ2v) is 5.91. The van der Waals surface area contributed by atoms with Crippen LogP contribution in [-0.2, 0) is 9.59 Å². The average molecular weight is 332 g/mol. The minimum atomic E-state index is -0.267. The number of hydrogen-bond acceptors (Lipinski definition) is 4. The maximum atomic E-state index is 12.5. The van der Waals surface area contributed by atoms with E-state index in [2.05, 4.69) is 0 Å². The van der Waals surface area contributed by atoms with Crippen LogP contribution in [0.4, 0.5) is 0 Å². The molecule has 0 radical (unpaired) electrons. The molecule has 0 aromatic heterocycles. The summed E-state index contributed by atoms with van der Waals surface area (Å²) < 4.78 is 0. The first kappa shape index (κ1) is 17.9. The molecular weight excluding hydrogens is 308 g/mol. The fourth-order valence-electron chi connectivity index (χ4n) is 2.77. The summed E-state index contributed by atoms with van der Waals surface area (Å²) in [6.45, 7) is 4.04. The largest absolute Gasteiger partial charge is 0.339 e. The minimum Gasteiger partial charge on any atom is -0.339 e. The summed E-state index contributed by atoms with van der Waals surface area (Å²) in [6.07, 6.45) is 1.04. The molecule has 0 saturated carbocycles. The zero-order valence-electron chi connectivity index (χ0n) is 14.0. The molecule has 0 atom stereocenters. The van der Waals surface area contributed by atoms with Gasteiger partial charge in [0.2, 0.25) is 11.8 Å². The number of aryl methyl sites for hydroxylation is 1. The van der Waals surface area contributed by atoms with Gasteiger partial charge < -0.3 is 9.80 Å². The lowest BCUT2D eigenvalue weighted by atomic mass is 10.1. The molecule has 1 aliphatic heterocycles. The molecular formula is C17H24N4O3. The van der Waals surface area contributed by atoms with Gasteiger partial charge >= 0.3 is 0 Å². The lowest BCUT2D eigenvalue weighted by Crippen LogP contribution is -2.50. The van der Waals surface area contributed by atoms with Crippen LogP contribution < -0.4 is 11.3 Å². The van der Waals surface area contributed by atoms with Crippen molar-refractivity contribution in [3.63, 3.8) is 0 Å². The Morgan fingerprint density at radius 3 is 2.29 bits per heavy atom. The molecule has 7 nitrogen and oxygen atoms in total. The van der Waals surface area contributed by atoms with Gasteiger partial charge in [-0.25, -0.2) is 5.84 Å². The van der Waals surface area contributed by atoms with Crippen molar-refractivity contribution in [2.75, 3.05) is 26.2 Å². The molecule has 0 bridgehead atoms. The Hall–Kier alpha value is -2.41. The van der Waals surface area contributed by atoms with Gasteiger partial charge in [-0.1, -0.05) is 18.2 Å². The Kier molecular flexibility index (Phi) is 6.31. The number of nitrogens with zero attached hydrogens (tertiary/aromatic N) is 2. The first-order chi connectivity index (χ1) is 11.5. The van der Waals surface area contributed by atoms with Crippen LogP contribution in [0.5, 0.6) is 0 Å². The number of carbonyl (C=O) groups excluding carboxylic acids is 3. The summed E-state index contributed by atoms with van der Waals surface area (Å²) in [4.78, 5) is 39.3. The Morgan fingerprint density at radius 2 is 1.67 bits per heavy atom. The number of nitrogens with one attached hydrogen (secondary N) is 1. The summed E-state index contributed by atoms with van der Waals surface area (Å²) in [5.74, 6) is 4.76. The van der Waals surface area contributed by atoms with Gasteiger partial charge in [0.15, 0.2) is 0 Å². The highest BCUT2D eigenvalue weighted by molar-refractivity contribution is 5.95. The topological polar surface area (TPSA) is 95.7 Å². The molecule has 3 N–H and O–H groups in total. The molecule has 1 aromatic carbocycles. The van der Waals surface area contributed by atoms with Crippen molar-refractivity contribution >= 4 is 17.7 Å². The lowest BCUT2D eigenvalue weighted by molar-refractivity contribution is -0.132. The highest BCUT2D eigenvalue weighted by Gasteiger charge is 2.25. The molecule has 24 heavy (non-hydrogen) atoms. The molecule has 1 fully saturated rings. The lowest BCUT2D eigenvalue weighted by Gasteiger charge is -2.35. The van der Waals surface area contributed by atoms with Gasteiger partial charge in [0.1, 0.15) is 0 Å². The third kappa shape index (κ3) is 4.55. The smallest absolute Gasteiger partial charge is 0.254 e. The maximum Gasteiger partial charge on any atom is 0.254 e. The monoisotopic (exact) mass is 332 g/mol. The molecule has 1 heterocycles. The molecule has 1 saturated heterocycles. The molecule has 7 heteroatoms. The summed E-state index contributed by atoms with van der Waals surface area (Å²) in [5.41, 5.74) is 3.72. The highest BCUT2D eigenvalue weighted by Crippen LogP contribution is 2.13. The number of amides is 3. The van der Waals surface area contributed by atoms with Crippen molar-refractivity contribution in [2.24, 2.45) is 5.84 Å². The number of piperazine rings is 1. The summed E-state index contributed by atoms with van der Waals surface area (Å²) in [7, 11) is 0. The van der Waals surface area contributed by atoms with Gasteiger partial charge in [-0.15, -0.1) is 0 Å². The number of benzene rings is 1. The van der Waals surface area contributed by atoms with Gasteiger partial charge in [-0.2, -0.15) is 0 Å².